The van der Waals surface area contributed by atoms with Crippen LogP contribution in [0.15, 0.2) is 60.8 Å². The lowest BCUT2D eigenvalue weighted by atomic mass is 9.95. The molecule has 60 heavy (non-hydrogen) atoms. The largest absolute Gasteiger partial charge is 0.371 e. The molecule has 1 unspecified atom stereocenters. The standard InChI is InChI=1S/C43H44Cl2N10O5/c1-25-21-27(47-43-46-22-29-38(49-43)50(2)24-54(40(29)58)37-30(44)6-4-7-31(37)45)9-10-32(25)52-15-13-26(14-16-52)23-51-17-19-53(20-18-51)33-8-3-5-28-36(33)42(60)55(41(28)59)34-11-12-35(56)48-39(34)57/h3-10,21-22,26,34H,11-20,23-24H2,1-2H3,(H,46,47,49)(H,48,56,57). The number of hydrogen-bond donors (Lipinski definition) is 2. The molecular formula is C43H44Cl2N10O5. The van der Waals surface area contributed by atoms with E-state index >= 15 is 0 Å². The Morgan fingerprint density at radius 2 is 1.52 bits per heavy atom. The summed E-state index contributed by atoms with van der Waals surface area (Å²) in [6, 6.07) is 15.7. The molecule has 310 valence electrons. The molecule has 0 radical (unpaired) electrons. The van der Waals surface area contributed by atoms with Crippen molar-refractivity contribution in [2.45, 2.75) is 38.6 Å². The number of anilines is 6. The third kappa shape index (κ3) is 7.28. The number of aromatic nitrogens is 2. The summed E-state index contributed by atoms with van der Waals surface area (Å²) in [6.07, 6.45) is 3.91. The first-order valence-corrected chi connectivity index (χ1v) is 21.0. The van der Waals surface area contributed by atoms with Crippen LogP contribution in [-0.2, 0) is 9.59 Å². The Morgan fingerprint density at radius 1 is 0.800 bits per heavy atom. The number of fused-ring (bicyclic) bond motifs is 2. The Labute approximate surface area is 357 Å². The van der Waals surface area contributed by atoms with E-state index in [0.29, 0.717) is 50.1 Å². The summed E-state index contributed by atoms with van der Waals surface area (Å²) < 4.78 is 0. The number of carbonyl (C=O) groups excluding carboxylic acids is 5. The first-order chi connectivity index (χ1) is 28.9. The second-order valence-corrected chi connectivity index (χ2v) is 16.9. The Balaban J connectivity index is 0.775. The smallest absolute Gasteiger partial charge is 0.265 e. The average Bonchev–Trinajstić information content (AvgIpc) is 3.49. The molecule has 4 aromatic rings. The molecule has 3 aromatic carbocycles. The number of benzene rings is 3. The molecule has 0 spiro atoms. The lowest BCUT2D eigenvalue weighted by Gasteiger charge is -2.40. The summed E-state index contributed by atoms with van der Waals surface area (Å²) in [6.45, 7) is 8.38. The van der Waals surface area contributed by atoms with E-state index in [0.717, 1.165) is 80.5 Å². The van der Waals surface area contributed by atoms with Gasteiger partial charge in [-0.05, 0) is 80.1 Å². The van der Waals surface area contributed by atoms with Crippen molar-refractivity contribution in [3.05, 3.63) is 93.1 Å². The number of nitrogens with zero attached hydrogens (tertiary/aromatic N) is 8. The van der Waals surface area contributed by atoms with E-state index in [4.69, 9.17) is 28.2 Å². The van der Waals surface area contributed by atoms with Crippen molar-refractivity contribution >= 4 is 87.3 Å². The van der Waals surface area contributed by atoms with E-state index in [1.54, 1.807) is 30.3 Å². The number of imide groups is 2. The normalized spacial score (nSPS) is 20.2. The molecule has 9 rings (SSSR count). The maximum absolute atomic E-state index is 13.7. The molecule has 2 N–H and O–H groups in total. The molecule has 17 heteroatoms. The van der Waals surface area contributed by atoms with E-state index in [1.165, 1.54) is 16.8 Å². The van der Waals surface area contributed by atoms with E-state index < -0.39 is 29.7 Å². The molecular weight excluding hydrogens is 807 g/mol. The van der Waals surface area contributed by atoms with Gasteiger partial charge in [-0.1, -0.05) is 35.3 Å². The van der Waals surface area contributed by atoms with Crippen molar-refractivity contribution in [3.63, 3.8) is 0 Å². The van der Waals surface area contributed by atoms with Gasteiger partial charge >= 0.3 is 0 Å². The number of rotatable bonds is 8. The molecule has 0 aliphatic carbocycles. The molecule has 0 bridgehead atoms. The predicted molar refractivity (Wildman–Crippen MR) is 230 cm³/mol. The third-order valence-electron chi connectivity index (χ3n) is 12.3. The fourth-order valence-corrected chi connectivity index (χ4v) is 9.75. The Hall–Kier alpha value is -5.77. The van der Waals surface area contributed by atoms with Crippen molar-refractivity contribution in [1.82, 2.24) is 25.1 Å². The van der Waals surface area contributed by atoms with Crippen LogP contribution in [0.5, 0.6) is 0 Å². The number of piperazine rings is 1. The van der Waals surface area contributed by atoms with Gasteiger partial charge in [0.25, 0.3) is 17.7 Å². The van der Waals surface area contributed by atoms with Crippen LogP contribution in [0.2, 0.25) is 10.0 Å². The summed E-state index contributed by atoms with van der Waals surface area (Å²) in [5, 5.41) is 6.36. The first-order valence-electron chi connectivity index (χ1n) is 20.2. The molecule has 3 saturated heterocycles. The molecule has 5 aliphatic rings. The van der Waals surface area contributed by atoms with Crippen molar-refractivity contribution in [2.24, 2.45) is 5.92 Å². The van der Waals surface area contributed by atoms with Gasteiger partial charge in [-0.2, -0.15) is 4.98 Å². The van der Waals surface area contributed by atoms with Crippen LogP contribution in [-0.4, -0.2) is 115 Å². The fraction of sp³-hybridized carbons (Fsp3) is 0.372. The number of para-hydroxylation sites is 1. The zero-order valence-corrected chi connectivity index (χ0v) is 34.8. The second-order valence-electron chi connectivity index (χ2n) is 16.1. The molecule has 1 aromatic heterocycles. The predicted octanol–water partition coefficient (Wildman–Crippen LogP) is 5.33. The van der Waals surface area contributed by atoms with Crippen molar-refractivity contribution in [2.75, 3.05) is 84.4 Å². The van der Waals surface area contributed by atoms with E-state index in [1.807, 2.05) is 24.1 Å². The fourth-order valence-electron chi connectivity index (χ4n) is 9.15. The van der Waals surface area contributed by atoms with Gasteiger partial charge in [0.05, 0.1) is 39.2 Å². The zero-order chi connectivity index (χ0) is 41.8. The van der Waals surface area contributed by atoms with E-state index in [-0.39, 0.29) is 25.4 Å². The number of hydrogen-bond acceptors (Lipinski definition) is 12. The first kappa shape index (κ1) is 39.7. The minimum atomic E-state index is -0.985. The average molecular weight is 852 g/mol. The summed E-state index contributed by atoms with van der Waals surface area (Å²) >= 11 is 12.8. The molecule has 15 nitrogen and oxygen atoms in total. The molecule has 5 aliphatic heterocycles. The lowest BCUT2D eigenvalue weighted by molar-refractivity contribution is -0.136. The van der Waals surface area contributed by atoms with Gasteiger partial charge in [0, 0.05) is 76.9 Å². The van der Waals surface area contributed by atoms with Crippen LogP contribution in [0.3, 0.4) is 0 Å². The monoisotopic (exact) mass is 850 g/mol. The maximum Gasteiger partial charge on any atom is 0.265 e. The quantitative estimate of drug-likeness (QED) is 0.221. The number of aryl methyl sites for hydroxylation is 1. The summed E-state index contributed by atoms with van der Waals surface area (Å²) in [5.41, 5.74) is 5.37. The van der Waals surface area contributed by atoms with E-state index in [9.17, 15) is 24.0 Å². The topological polar surface area (TPSA) is 155 Å². The number of amides is 5. The zero-order valence-electron chi connectivity index (χ0n) is 33.3. The van der Waals surface area contributed by atoms with Crippen LogP contribution in [0.25, 0.3) is 0 Å². The Morgan fingerprint density at radius 3 is 2.23 bits per heavy atom. The molecule has 5 amide bonds. The minimum Gasteiger partial charge on any atom is -0.371 e. The van der Waals surface area contributed by atoms with E-state index in [2.05, 4.69) is 49.4 Å². The summed E-state index contributed by atoms with van der Waals surface area (Å²) in [5.74, 6) is -0.758. The highest BCUT2D eigenvalue weighted by molar-refractivity contribution is 6.40. The molecule has 3 fully saturated rings. The number of piperidine rings is 2. The van der Waals surface area contributed by atoms with Crippen LogP contribution in [0.1, 0.15) is 62.3 Å². The number of nitrogens with one attached hydrogen (secondary N) is 2. The van der Waals surface area contributed by atoms with Crippen molar-refractivity contribution < 1.29 is 24.0 Å². The van der Waals surface area contributed by atoms with Crippen LogP contribution < -0.4 is 30.2 Å². The second kappa shape index (κ2) is 16.0. The Kier molecular flexibility index (Phi) is 10.6. The number of carbonyl (C=O) groups is 5. The van der Waals surface area contributed by atoms with Gasteiger partial charge in [-0.25, -0.2) is 4.98 Å². The van der Waals surface area contributed by atoms with Crippen molar-refractivity contribution in [1.29, 1.82) is 0 Å². The SMILES string of the molecule is Cc1cc(Nc2ncc3c(n2)N(C)CN(c2c(Cl)cccc2Cl)C3=O)ccc1N1CCC(CN2CCN(c3cccc4c3C(=O)N(C3CCC(=O)NC3=O)C4=O)CC2)CC1. The highest BCUT2D eigenvalue weighted by Crippen LogP contribution is 2.39. The summed E-state index contributed by atoms with van der Waals surface area (Å²) in [4.78, 5) is 85.5. The highest BCUT2D eigenvalue weighted by atomic mass is 35.5. The maximum atomic E-state index is 13.7. The van der Waals surface area contributed by atoms with Crippen LogP contribution in [0.4, 0.5) is 34.5 Å². The van der Waals surface area contributed by atoms with Gasteiger partial charge in [0.2, 0.25) is 17.8 Å². The highest BCUT2D eigenvalue weighted by Gasteiger charge is 2.46. The van der Waals surface area contributed by atoms with Gasteiger partial charge in [0.1, 0.15) is 17.4 Å². The lowest BCUT2D eigenvalue weighted by Crippen LogP contribution is -2.54. The summed E-state index contributed by atoms with van der Waals surface area (Å²) in [7, 11) is 1.86. The van der Waals surface area contributed by atoms with Gasteiger partial charge < -0.3 is 20.0 Å². The van der Waals surface area contributed by atoms with Crippen molar-refractivity contribution in [3.8, 4) is 0 Å². The van der Waals surface area contributed by atoms with Gasteiger partial charge in [0.15, 0.2) is 0 Å². The third-order valence-corrected chi connectivity index (χ3v) is 12.9. The molecule has 1 atom stereocenters. The minimum absolute atomic E-state index is 0.0877. The Bertz CT molecular complexity index is 2410. The van der Waals surface area contributed by atoms with Crippen LogP contribution >= 0.6 is 23.2 Å². The molecule has 0 saturated carbocycles. The van der Waals surface area contributed by atoms with Gasteiger partial charge in [-0.3, -0.25) is 44.0 Å². The van der Waals surface area contributed by atoms with Gasteiger partial charge in [-0.15, -0.1) is 0 Å². The number of halogens is 2. The molecule has 6 heterocycles. The van der Waals surface area contributed by atoms with Crippen LogP contribution in [0, 0.1) is 12.8 Å².